The van der Waals surface area contributed by atoms with Crippen molar-refractivity contribution in [2.75, 3.05) is 5.32 Å². The zero-order chi connectivity index (χ0) is 22.2. The van der Waals surface area contributed by atoms with Crippen molar-refractivity contribution in [3.8, 4) is 0 Å². The van der Waals surface area contributed by atoms with Crippen LogP contribution < -0.4 is 10.6 Å². The molecule has 162 valence electrons. The van der Waals surface area contributed by atoms with E-state index in [2.05, 4.69) is 60.5 Å². The first kappa shape index (κ1) is 20.3. The summed E-state index contributed by atoms with van der Waals surface area (Å²) < 4.78 is 0. The van der Waals surface area contributed by atoms with Crippen LogP contribution in [0.3, 0.4) is 0 Å². The Labute approximate surface area is 188 Å². The van der Waals surface area contributed by atoms with Crippen molar-refractivity contribution < 1.29 is 9.59 Å². The quantitative estimate of drug-likeness (QED) is 0.619. The fraction of sp³-hybridized carbons (Fsp3) is 0.259. The van der Waals surface area contributed by atoms with Crippen LogP contribution in [-0.4, -0.2) is 22.8 Å². The van der Waals surface area contributed by atoms with Gasteiger partial charge in [-0.15, -0.1) is 0 Å². The number of carbonyl (C=O) groups is 2. The van der Waals surface area contributed by atoms with Crippen LogP contribution in [0.1, 0.15) is 46.8 Å². The number of piperidine rings is 1. The molecule has 0 aromatic heterocycles. The van der Waals surface area contributed by atoms with Crippen molar-refractivity contribution in [1.29, 1.82) is 0 Å². The number of fused-ring (bicyclic) bond motifs is 2. The number of benzene rings is 3. The van der Waals surface area contributed by atoms with Crippen molar-refractivity contribution in [3.05, 3.63) is 89.1 Å². The van der Waals surface area contributed by atoms with Crippen molar-refractivity contribution in [2.24, 2.45) is 0 Å². The van der Waals surface area contributed by atoms with Gasteiger partial charge in [-0.2, -0.15) is 0 Å². The van der Waals surface area contributed by atoms with Gasteiger partial charge in [0.05, 0.1) is 0 Å². The molecule has 5 rings (SSSR count). The average molecular weight is 426 g/mol. The lowest BCUT2D eigenvalue weighted by atomic mass is 10.0. The zero-order valence-electron chi connectivity index (χ0n) is 18.3. The minimum Gasteiger partial charge on any atom is -0.381 e. The van der Waals surface area contributed by atoms with E-state index in [0.717, 1.165) is 23.4 Å². The fourth-order valence-electron chi connectivity index (χ4n) is 4.64. The van der Waals surface area contributed by atoms with Gasteiger partial charge < -0.3 is 15.5 Å². The van der Waals surface area contributed by atoms with Crippen molar-refractivity contribution in [2.45, 2.75) is 45.3 Å². The molecule has 2 aliphatic heterocycles. The molecular formula is C27H27N3O2. The molecular weight excluding hydrogens is 398 g/mol. The van der Waals surface area contributed by atoms with Gasteiger partial charge in [0, 0.05) is 30.0 Å². The fourth-order valence-corrected chi connectivity index (χ4v) is 4.64. The highest BCUT2D eigenvalue weighted by atomic mass is 16.2. The van der Waals surface area contributed by atoms with Crippen molar-refractivity contribution >= 4 is 28.3 Å². The Morgan fingerprint density at radius 2 is 1.78 bits per heavy atom. The molecule has 0 saturated carbocycles. The van der Waals surface area contributed by atoms with Gasteiger partial charge in [-0.25, -0.2) is 0 Å². The van der Waals surface area contributed by atoms with E-state index in [9.17, 15) is 9.59 Å². The van der Waals surface area contributed by atoms with E-state index >= 15 is 0 Å². The predicted molar refractivity (Wildman–Crippen MR) is 127 cm³/mol. The number of anilines is 1. The van der Waals surface area contributed by atoms with Gasteiger partial charge in [0.2, 0.25) is 5.91 Å². The Kier molecular flexibility index (Phi) is 5.17. The van der Waals surface area contributed by atoms with Gasteiger partial charge in [0.25, 0.3) is 5.91 Å². The van der Waals surface area contributed by atoms with Crippen LogP contribution in [0.15, 0.2) is 66.9 Å². The standard InChI is InChI=1S/C27H27N3O2/c1-3-18-5-7-21-13-19(6-8-20(21)12-18)15-28-23-9-10-24-22(14-23)16-30(27(24)32)25-11-4-17(2)29-26(25)31/h5-10,12-14,25,28H,2-4,11,15-16H2,1H3,(H,29,31). The first-order valence-electron chi connectivity index (χ1n) is 11.2. The molecule has 5 nitrogen and oxygen atoms in total. The Hall–Kier alpha value is -3.60. The molecule has 32 heavy (non-hydrogen) atoms. The summed E-state index contributed by atoms with van der Waals surface area (Å²) in [6.07, 6.45) is 2.37. The van der Waals surface area contributed by atoms with E-state index in [0.29, 0.717) is 31.5 Å². The Morgan fingerprint density at radius 1 is 1.03 bits per heavy atom. The molecule has 2 N–H and O–H groups in total. The number of allylic oxidation sites excluding steroid dienone is 1. The van der Waals surface area contributed by atoms with E-state index in [-0.39, 0.29) is 11.8 Å². The summed E-state index contributed by atoms with van der Waals surface area (Å²) in [5, 5.41) is 8.77. The lowest BCUT2D eigenvalue weighted by Crippen LogP contribution is -2.49. The molecule has 2 amide bonds. The number of hydrogen-bond donors (Lipinski definition) is 2. The number of amides is 2. The highest BCUT2D eigenvalue weighted by molar-refractivity contribution is 6.01. The number of nitrogens with zero attached hydrogens (tertiary/aromatic N) is 1. The van der Waals surface area contributed by atoms with E-state index < -0.39 is 6.04 Å². The van der Waals surface area contributed by atoms with Crippen molar-refractivity contribution in [3.63, 3.8) is 0 Å². The molecule has 0 aliphatic carbocycles. The first-order valence-corrected chi connectivity index (χ1v) is 11.2. The molecule has 3 aromatic carbocycles. The molecule has 1 unspecified atom stereocenters. The third-order valence-corrected chi connectivity index (χ3v) is 6.51. The minimum absolute atomic E-state index is 0.0693. The summed E-state index contributed by atoms with van der Waals surface area (Å²) in [4.78, 5) is 26.9. The number of aryl methyl sites for hydroxylation is 1. The molecule has 1 saturated heterocycles. The largest absolute Gasteiger partial charge is 0.381 e. The average Bonchev–Trinajstić information content (AvgIpc) is 3.12. The van der Waals surface area contributed by atoms with Crippen LogP contribution in [-0.2, 0) is 24.3 Å². The van der Waals surface area contributed by atoms with Crippen LogP contribution in [0.2, 0.25) is 0 Å². The molecule has 3 aromatic rings. The second kappa shape index (κ2) is 8.15. The van der Waals surface area contributed by atoms with Gasteiger partial charge >= 0.3 is 0 Å². The molecule has 1 atom stereocenters. The molecule has 0 radical (unpaired) electrons. The molecule has 2 aliphatic rings. The van der Waals surface area contributed by atoms with Crippen LogP contribution in [0.25, 0.3) is 10.8 Å². The SMILES string of the molecule is C=C1CCC(N2Cc3cc(NCc4ccc5cc(CC)ccc5c4)ccc3C2=O)C(=O)N1. The van der Waals surface area contributed by atoms with Crippen LogP contribution in [0.5, 0.6) is 0 Å². The Balaban J connectivity index is 1.29. The summed E-state index contributed by atoms with van der Waals surface area (Å²) in [5.41, 5.74) is 5.90. The summed E-state index contributed by atoms with van der Waals surface area (Å²) in [6, 6.07) is 18.6. The normalized spacial score (nSPS) is 18.1. The minimum atomic E-state index is -0.428. The maximum absolute atomic E-state index is 12.9. The number of rotatable bonds is 5. The van der Waals surface area contributed by atoms with E-state index in [1.807, 2.05) is 18.2 Å². The number of nitrogens with one attached hydrogen (secondary N) is 2. The Morgan fingerprint density at radius 3 is 2.53 bits per heavy atom. The van der Waals surface area contributed by atoms with Gasteiger partial charge in [-0.1, -0.05) is 43.8 Å². The maximum Gasteiger partial charge on any atom is 0.255 e. The van der Waals surface area contributed by atoms with Crippen LogP contribution in [0, 0.1) is 0 Å². The highest BCUT2D eigenvalue weighted by Gasteiger charge is 2.38. The summed E-state index contributed by atoms with van der Waals surface area (Å²) in [5.74, 6) is -0.205. The second-order valence-corrected chi connectivity index (χ2v) is 8.68. The van der Waals surface area contributed by atoms with E-state index in [1.165, 1.54) is 21.9 Å². The molecule has 0 spiro atoms. The van der Waals surface area contributed by atoms with Gasteiger partial charge in [0.15, 0.2) is 0 Å². The predicted octanol–water partition coefficient (Wildman–Crippen LogP) is 4.76. The van der Waals surface area contributed by atoms with Gasteiger partial charge in [-0.3, -0.25) is 9.59 Å². The smallest absolute Gasteiger partial charge is 0.255 e. The van der Waals surface area contributed by atoms with Gasteiger partial charge in [-0.05, 0) is 71.0 Å². The van der Waals surface area contributed by atoms with Gasteiger partial charge in [0.1, 0.15) is 6.04 Å². The first-order chi connectivity index (χ1) is 15.5. The van der Waals surface area contributed by atoms with E-state index in [1.54, 1.807) is 4.90 Å². The molecule has 2 heterocycles. The molecule has 1 fully saturated rings. The van der Waals surface area contributed by atoms with E-state index in [4.69, 9.17) is 0 Å². The summed E-state index contributed by atoms with van der Waals surface area (Å²) >= 11 is 0. The Bertz CT molecular complexity index is 1250. The maximum atomic E-state index is 12.9. The third kappa shape index (κ3) is 3.75. The van der Waals surface area contributed by atoms with Crippen LogP contribution >= 0.6 is 0 Å². The third-order valence-electron chi connectivity index (χ3n) is 6.51. The molecule has 5 heteroatoms. The summed E-state index contributed by atoms with van der Waals surface area (Å²) in [6.45, 7) is 7.16. The lowest BCUT2D eigenvalue weighted by molar-refractivity contribution is -0.126. The second-order valence-electron chi connectivity index (χ2n) is 8.68. The molecule has 0 bridgehead atoms. The zero-order valence-corrected chi connectivity index (χ0v) is 18.3. The highest BCUT2D eigenvalue weighted by Crippen LogP contribution is 2.30. The monoisotopic (exact) mass is 425 g/mol. The number of hydrogen-bond acceptors (Lipinski definition) is 3. The van der Waals surface area contributed by atoms with Crippen LogP contribution in [0.4, 0.5) is 5.69 Å². The summed E-state index contributed by atoms with van der Waals surface area (Å²) in [7, 11) is 0. The topological polar surface area (TPSA) is 61.4 Å². The van der Waals surface area contributed by atoms with Crippen molar-refractivity contribution in [1.82, 2.24) is 10.2 Å². The number of carbonyl (C=O) groups excluding carboxylic acids is 2. The lowest BCUT2D eigenvalue weighted by Gasteiger charge is -2.30.